The molecule has 1 aromatic carbocycles. The molecule has 1 aliphatic rings. The number of rotatable bonds is 5. The summed E-state index contributed by atoms with van der Waals surface area (Å²) >= 11 is 12.0. The van der Waals surface area contributed by atoms with Crippen LogP contribution in [0.15, 0.2) is 18.2 Å². The van der Waals surface area contributed by atoms with Gasteiger partial charge in [0.25, 0.3) is 5.91 Å². The Kier molecular flexibility index (Phi) is 6.36. The van der Waals surface area contributed by atoms with Crippen LogP contribution in [0.1, 0.15) is 26.7 Å². The van der Waals surface area contributed by atoms with E-state index < -0.39 is 6.10 Å². The molecule has 0 aromatic heterocycles. The Hall–Kier alpha value is -0.970. The van der Waals surface area contributed by atoms with Crippen LogP contribution in [0.4, 0.5) is 0 Å². The van der Waals surface area contributed by atoms with Crippen LogP contribution in [0.25, 0.3) is 0 Å². The molecule has 1 fully saturated rings. The first-order valence-corrected chi connectivity index (χ1v) is 8.40. The van der Waals surface area contributed by atoms with Crippen LogP contribution in [0.5, 0.6) is 5.75 Å². The van der Waals surface area contributed by atoms with E-state index in [0.717, 1.165) is 32.5 Å². The van der Waals surface area contributed by atoms with Crippen molar-refractivity contribution in [2.45, 2.75) is 38.8 Å². The number of amides is 1. The highest BCUT2D eigenvalue weighted by atomic mass is 35.5. The van der Waals surface area contributed by atoms with E-state index >= 15 is 0 Å². The highest BCUT2D eigenvalue weighted by Gasteiger charge is 2.23. The average molecular weight is 345 g/mol. The molecule has 122 valence electrons. The highest BCUT2D eigenvalue weighted by Crippen LogP contribution is 2.32. The maximum Gasteiger partial charge on any atom is 0.260 e. The van der Waals surface area contributed by atoms with E-state index in [1.165, 1.54) is 0 Å². The Balaban J connectivity index is 1.86. The number of benzene rings is 1. The third-order valence-corrected chi connectivity index (χ3v) is 4.77. The molecule has 0 unspecified atom stereocenters. The van der Waals surface area contributed by atoms with Gasteiger partial charge in [0.15, 0.2) is 6.10 Å². The predicted molar refractivity (Wildman–Crippen MR) is 89.8 cm³/mol. The second-order valence-corrected chi connectivity index (χ2v) is 6.31. The molecule has 1 atom stereocenters. The van der Waals surface area contributed by atoms with Crippen molar-refractivity contribution >= 4 is 29.1 Å². The van der Waals surface area contributed by atoms with Crippen molar-refractivity contribution in [1.82, 2.24) is 10.2 Å². The number of halogens is 2. The average Bonchev–Trinajstić information content (AvgIpc) is 2.52. The maximum atomic E-state index is 12.2. The molecular weight excluding hydrogens is 323 g/mol. The molecule has 0 aliphatic carbocycles. The minimum absolute atomic E-state index is 0.119. The fourth-order valence-corrected chi connectivity index (χ4v) is 2.87. The van der Waals surface area contributed by atoms with Crippen LogP contribution >= 0.6 is 23.2 Å². The Morgan fingerprint density at radius 1 is 1.41 bits per heavy atom. The summed E-state index contributed by atoms with van der Waals surface area (Å²) in [5.41, 5.74) is 0. The molecule has 0 saturated carbocycles. The Morgan fingerprint density at radius 2 is 2.09 bits per heavy atom. The lowest BCUT2D eigenvalue weighted by atomic mass is 10.0. The van der Waals surface area contributed by atoms with E-state index in [1.54, 1.807) is 25.1 Å². The van der Waals surface area contributed by atoms with E-state index in [9.17, 15) is 4.79 Å². The zero-order valence-electron chi connectivity index (χ0n) is 12.9. The summed E-state index contributed by atoms with van der Waals surface area (Å²) in [5, 5.41) is 3.80. The Morgan fingerprint density at radius 3 is 2.73 bits per heavy atom. The van der Waals surface area contributed by atoms with Gasteiger partial charge in [-0.25, -0.2) is 0 Å². The number of hydrogen-bond donors (Lipinski definition) is 1. The van der Waals surface area contributed by atoms with Crippen molar-refractivity contribution in [3.05, 3.63) is 28.2 Å². The topological polar surface area (TPSA) is 41.6 Å². The number of hydrogen-bond acceptors (Lipinski definition) is 3. The summed E-state index contributed by atoms with van der Waals surface area (Å²) in [7, 11) is 0. The Bertz CT molecular complexity index is 517. The summed E-state index contributed by atoms with van der Waals surface area (Å²) in [5.74, 6) is 0.309. The molecule has 1 heterocycles. The number of nitrogens with zero attached hydrogens (tertiary/aromatic N) is 1. The van der Waals surface area contributed by atoms with Crippen molar-refractivity contribution in [3.8, 4) is 5.75 Å². The van der Waals surface area contributed by atoms with Gasteiger partial charge in [-0.05, 0) is 38.4 Å². The van der Waals surface area contributed by atoms with Crippen molar-refractivity contribution in [1.29, 1.82) is 0 Å². The summed E-state index contributed by atoms with van der Waals surface area (Å²) in [6.45, 7) is 6.98. The smallest absolute Gasteiger partial charge is 0.260 e. The van der Waals surface area contributed by atoms with Gasteiger partial charge in [-0.1, -0.05) is 36.2 Å². The minimum atomic E-state index is -0.611. The van der Waals surface area contributed by atoms with Gasteiger partial charge in [0.05, 0.1) is 5.02 Å². The van der Waals surface area contributed by atoms with Crippen molar-refractivity contribution in [2.24, 2.45) is 0 Å². The first-order valence-electron chi connectivity index (χ1n) is 7.64. The SMILES string of the molecule is CCN1CCC(NC(=O)[C@@H](C)Oc2cccc(Cl)c2Cl)CC1. The van der Waals surface area contributed by atoms with Gasteiger partial charge in [0.1, 0.15) is 10.8 Å². The molecular formula is C16H22Cl2N2O2. The van der Waals surface area contributed by atoms with Gasteiger partial charge < -0.3 is 15.0 Å². The fraction of sp³-hybridized carbons (Fsp3) is 0.562. The molecule has 2 rings (SSSR count). The van der Waals surface area contributed by atoms with E-state index in [2.05, 4.69) is 17.1 Å². The van der Waals surface area contributed by atoms with Gasteiger partial charge in [-0.2, -0.15) is 0 Å². The van der Waals surface area contributed by atoms with E-state index in [4.69, 9.17) is 27.9 Å². The van der Waals surface area contributed by atoms with Crippen LogP contribution in [-0.2, 0) is 4.79 Å². The molecule has 1 aliphatic heterocycles. The normalized spacial score (nSPS) is 18.0. The monoisotopic (exact) mass is 344 g/mol. The summed E-state index contributed by atoms with van der Waals surface area (Å²) in [6, 6.07) is 5.35. The maximum absolute atomic E-state index is 12.2. The van der Waals surface area contributed by atoms with E-state index in [-0.39, 0.29) is 11.9 Å². The third kappa shape index (κ3) is 4.51. The number of ether oxygens (including phenoxy) is 1. The van der Waals surface area contributed by atoms with Gasteiger partial charge in [0.2, 0.25) is 0 Å². The number of likely N-dealkylation sites (tertiary alicyclic amines) is 1. The molecule has 0 radical (unpaired) electrons. The van der Waals surface area contributed by atoms with Crippen LogP contribution in [0, 0.1) is 0 Å². The molecule has 1 saturated heterocycles. The molecule has 0 bridgehead atoms. The zero-order chi connectivity index (χ0) is 16.1. The molecule has 4 nitrogen and oxygen atoms in total. The first-order chi connectivity index (χ1) is 10.5. The van der Waals surface area contributed by atoms with Crippen LogP contribution < -0.4 is 10.1 Å². The lowest BCUT2D eigenvalue weighted by Crippen LogP contribution is -2.48. The van der Waals surface area contributed by atoms with Crippen LogP contribution in [-0.4, -0.2) is 42.6 Å². The Labute approximate surface area is 141 Å². The minimum Gasteiger partial charge on any atom is -0.479 e. The van der Waals surface area contributed by atoms with Gasteiger partial charge in [-0.3, -0.25) is 4.79 Å². The number of piperidine rings is 1. The van der Waals surface area contributed by atoms with Gasteiger partial charge in [0, 0.05) is 19.1 Å². The standard InChI is InChI=1S/C16H22Cl2N2O2/c1-3-20-9-7-12(8-10-20)19-16(21)11(2)22-14-6-4-5-13(17)15(14)18/h4-6,11-12H,3,7-10H2,1-2H3,(H,19,21)/t11-/m1/s1. The predicted octanol–water partition coefficient (Wildman–Crippen LogP) is 3.36. The first kappa shape index (κ1) is 17.4. The van der Waals surface area contributed by atoms with Crippen molar-refractivity contribution in [2.75, 3.05) is 19.6 Å². The number of carbonyl (C=O) groups is 1. The van der Waals surface area contributed by atoms with Gasteiger partial charge in [-0.15, -0.1) is 0 Å². The van der Waals surface area contributed by atoms with Crippen molar-refractivity contribution < 1.29 is 9.53 Å². The number of carbonyl (C=O) groups excluding carboxylic acids is 1. The summed E-state index contributed by atoms with van der Waals surface area (Å²) in [6.07, 6.45) is 1.34. The molecule has 6 heteroatoms. The van der Waals surface area contributed by atoms with Crippen LogP contribution in [0.3, 0.4) is 0 Å². The lowest BCUT2D eigenvalue weighted by Gasteiger charge is -2.32. The summed E-state index contributed by atoms with van der Waals surface area (Å²) in [4.78, 5) is 14.6. The highest BCUT2D eigenvalue weighted by molar-refractivity contribution is 6.42. The second-order valence-electron chi connectivity index (χ2n) is 5.53. The molecule has 1 N–H and O–H groups in total. The summed E-state index contributed by atoms with van der Waals surface area (Å²) < 4.78 is 5.63. The zero-order valence-corrected chi connectivity index (χ0v) is 14.5. The van der Waals surface area contributed by atoms with Crippen molar-refractivity contribution in [3.63, 3.8) is 0 Å². The largest absolute Gasteiger partial charge is 0.479 e. The quantitative estimate of drug-likeness (QED) is 0.890. The van der Waals surface area contributed by atoms with E-state index in [0.29, 0.717) is 15.8 Å². The number of nitrogens with one attached hydrogen (secondary N) is 1. The van der Waals surface area contributed by atoms with E-state index in [1.807, 2.05) is 0 Å². The molecule has 22 heavy (non-hydrogen) atoms. The molecule has 1 amide bonds. The fourth-order valence-electron chi connectivity index (χ4n) is 2.53. The molecule has 0 spiro atoms. The second kappa shape index (κ2) is 8.04. The third-order valence-electron chi connectivity index (χ3n) is 3.97. The lowest BCUT2D eigenvalue weighted by molar-refractivity contribution is -0.128. The van der Waals surface area contributed by atoms with Crippen LogP contribution in [0.2, 0.25) is 10.0 Å². The molecule has 1 aromatic rings. The van der Waals surface area contributed by atoms with Gasteiger partial charge >= 0.3 is 0 Å².